The number of benzene rings is 3. The van der Waals surface area contributed by atoms with Crippen LogP contribution in [0.25, 0.3) is 11.0 Å². The highest BCUT2D eigenvalue weighted by Gasteiger charge is 2.18. The fraction of sp³-hybridized carbons (Fsp3) is 0.231. The van der Waals surface area contributed by atoms with Gasteiger partial charge in [0, 0.05) is 43.3 Å². The molecule has 2 heterocycles. The first-order chi connectivity index (χ1) is 16.2. The first kappa shape index (κ1) is 21.5. The summed E-state index contributed by atoms with van der Waals surface area (Å²) in [5.41, 5.74) is 5.54. The predicted molar refractivity (Wildman–Crippen MR) is 133 cm³/mol. The van der Waals surface area contributed by atoms with Crippen molar-refractivity contribution in [3.05, 3.63) is 94.0 Å². The molecule has 1 amide bonds. The van der Waals surface area contributed by atoms with Crippen LogP contribution in [0.3, 0.4) is 0 Å². The van der Waals surface area contributed by atoms with Gasteiger partial charge in [-0.2, -0.15) is 0 Å². The van der Waals surface area contributed by atoms with E-state index in [0.717, 1.165) is 59.9 Å². The third-order valence-corrected chi connectivity index (χ3v) is 6.16. The van der Waals surface area contributed by atoms with Crippen molar-refractivity contribution in [3.63, 3.8) is 0 Å². The number of carbonyl (C=O) groups excluding carboxylic acids is 1. The molecular weight excluding hydrogens is 434 g/mol. The molecule has 0 radical (unpaired) electrons. The Morgan fingerprint density at radius 2 is 1.79 bits per heavy atom. The molecule has 3 aromatic carbocycles. The number of imidazole rings is 1. The van der Waals surface area contributed by atoms with E-state index in [0.29, 0.717) is 23.6 Å². The van der Waals surface area contributed by atoms with Gasteiger partial charge in [0.15, 0.2) is 0 Å². The molecule has 0 spiro atoms. The molecule has 1 saturated heterocycles. The number of nitrogens with zero attached hydrogens (tertiary/aromatic N) is 2. The van der Waals surface area contributed by atoms with Crippen molar-refractivity contribution in [2.24, 2.45) is 0 Å². The Morgan fingerprint density at radius 1 is 1.00 bits per heavy atom. The third kappa shape index (κ3) is 5.02. The molecule has 5 rings (SSSR count). The molecule has 3 N–H and O–H groups in total. The summed E-state index contributed by atoms with van der Waals surface area (Å²) in [6.45, 7) is 4.13. The summed E-state index contributed by atoms with van der Waals surface area (Å²) >= 11 is 6.22. The zero-order valence-corrected chi connectivity index (χ0v) is 19.0. The summed E-state index contributed by atoms with van der Waals surface area (Å²) in [6.07, 6.45) is 0.653. The van der Waals surface area contributed by atoms with Crippen LogP contribution in [0.1, 0.15) is 27.0 Å². The number of hydrogen-bond donors (Lipinski definition) is 3. The average molecular weight is 460 g/mol. The minimum atomic E-state index is -0.111. The van der Waals surface area contributed by atoms with Crippen LogP contribution in [0.5, 0.6) is 0 Å². The first-order valence-electron chi connectivity index (χ1n) is 11.2. The number of rotatable bonds is 6. The Bertz CT molecular complexity index is 1260. The fourth-order valence-corrected chi connectivity index (χ4v) is 4.43. The predicted octanol–water partition coefficient (Wildman–Crippen LogP) is 4.15. The van der Waals surface area contributed by atoms with Crippen molar-refractivity contribution in [1.29, 1.82) is 0 Å². The van der Waals surface area contributed by atoms with Gasteiger partial charge in [-0.15, -0.1) is 0 Å². The number of H-pyrrole nitrogens is 1. The summed E-state index contributed by atoms with van der Waals surface area (Å²) < 4.78 is 0. The van der Waals surface area contributed by atoms with Crippen LogP contribution in [0.15, 0.2) is 66.7 Å². The van der Waals surface area contributed by atoms with Gasteiger partial charge < -0.3 is 20.5 Å². The molecule has 7 heteroatoms. The van der Waals surface area contributed by atoms with E-state index < -0.39 is 0 Å². The highest BCUT2D eigenvalue weighted by Crippen LogP contribution is 2.26. The largest absolute Gasteiger partial charge is 0.348 e. The number of hydrogen-bond acceptors (Lipinski definition) is 4. The molecule has 0 unspecified atom stereocenters. The lowest BCUT2D eigenvalue weighted by Crippen LogP contribution is -2.44. The van der Waals surface area contributed by atoms with Crippen LogP contribution in [0.2, 0.25) is 5.02 Å². The molecule has 1 fully saturated rings. The maximum atomic E-state index is 13.0. The molecular formula is C26H26ClN5O. The maximum Gasteiger partial charge on any atom is 0.251 e. The van der Waals surface area contributed by atoms with E-state index in [4.69, 9.17) is 16.6 Å². The molecule has 1 aliphatic rings. The monoisotopic (exact) mass is 459 g/mol. The number of carbonyl (C=O) groups is 1. The van der Waals surface area contributed by atoms with Crippen LogP contribution < -0.4 is 15.5 Å². The van der Waals surface area contributed by atoms with Crippen molar-refractivity contribution in [2.45, 2.75) is 13.0 Å². The topological polar surface area (TPSA) is 73.1 Å². The maximum absolute atomic E-state index is 13.0. The Kier molecular flexibility index (Phi) is 6.28. The van der Waals surface area contributed by atoms with Gasteiger partial charge in [-0.1, -0.05) is 54.1 Å². The standard InChI is InChI=1S/C26H26ClN5O/c27-22-8-4-7-19(14-22)13-20-15-21(25(33)29-17-18-5-2-1-3-6-18)16-23-24(20)31-26(30-23)32-11-9-28-10-12-32/h1-8,14-16,28H,9-13,17H2,(H,29,33)(H,30,31). The van der Waals surface area contributed by atoms with E-state index in [1.54, 1.807) is 0 Å². The van der Waals surface area contributed by atoms with Gasteiger partial charge in [-0.3, -0.25) is 4.79 Å². The van der Waals surface area contributed by atoms with Gasteiger partial charge in [-0.05, 0) is 47.4 Å². The van der Waals surface area contributed by atoms with E-state index >= 15 is 0 Å². The molecule has 4 aromatic rings. The smallest absolute Gasteiger partial charge is 0.251 e. The number of fused-ring (bicyclic) bond motifs is 1. The fourth-order valence-electron chi connectivity index (χ4n) is 4.22. The number of aromatic amines is 1. The second-order valence-electron chi connectivity index (χ2n) is 8.30. The Balaban J connectivity index is 1.48. The second-order valence-corrected chi connectivity index (χ2v) is 8.74. The molecule has 0 saturated carbocycles. The lowest BCUT2D eigenvalue weighted by atomic mass is 10.0. The molecule has 1 aromatic heterocycles. The summed E-state index contributed by atoms with van der Waals surface area (Å²) in [6, 6.07) is 21.6. The van der Waals surface area contributed by atoms with Crippen molar-refractivity contribution < 1.29 is 4.79 Å². The van der Waals surface area contributed by atoms with Crippen LogP contribution in [-0.2, 0) is 13.0 Å². The Hall–Kier alpha value is -3.35. The Labute approximate surface area is 198 Å². The summed E-state index contributed by atoms with van der Waals surface area (Å²) in [7, 11) is 0. The number of amides is 1. The van der Waals surface area contributed by atoms with E-state index in [2.05, 4.69) is 20.5 Å². The van der Waals surface area contributed by atoms with E-state index in [1.807, 2.05) is 66.7 Å². The molecule has 0 bridgehead atoms. The minimum absolute atomic E-state index is 0.111. The van der Waals surface area contributed by atoms with Crippen molar-refractivity contribution in [1.82, 2.24) is 20.6 Å². The van der Waals surface area contributed by atoms with Crippen molar-refractivity contribution in [2.75, 3.05) is 31.1 Å². The quantitative estimate of drug-likeness (QED) is 0.405. The van der Waals surface area contributed by atoms with Gasteiger partial charge in [0.05, 0.1) is 11.0 Å². The first-order valence-corrected chi connectivity index (χ1v) is 11.6. The second kappa shape index (κ2) is 9.65. The van der Waals surface area contributed by atoms with E-state index in [1.165, 1.54) is 0 Å². The van der Waals surface area contributed by atoms with E-state index in [-0.39, 0.29) is 5.91 Å². The van der Waals surface area contributed by atoms with Crippen LogP contribution in [0, 0.1) is 0 Å². The summed E-state index contributed by atoms with van der Waals surface area (Å²) in [5, 5.41) is 7.10. The van der Waals surface area contributed by atoms with Crippen LogP contribution >= 0.6 is 11.6 Å². The van der Waals surface area contributed by atoms with Gasteiger partial charge >= 0.3 is 0 Å². The molecule has 33 heavy (non-hydrogen) atoms. The number of piperazine rings is 1. The van der Waals surface area contributed by atoms with Gasteiger partial charge in [0.1, 0.15) is 0 Å². The SMILES string of the molecule is O=C(NCc1ccccc1)c1cc(Cc2cccc(Cl)c2)c2[nH]c(N3CCNCC3)nc2c1. The summed E-state index contributed by atoms with van der Waals surface area (Å²) in [5.74, 6) is 0.737. The minimum Gasteiger partial charge on any atom is -0.348 e. The zero-order valence-electron chi connectivity index (χ0n) is 18.3. The van der Waals surface area contributed by atoms with E-state index in [9.17, 15) is 4.79 Å². The third-order valence-electron chi connectivity index (χ3n) is 5.92. The zero-order chi connectivity index (χ0) is 22.6. The molecule has 168 valence electrons. The number of nitrogens with one attached hydrogen (secondary N) is 3. The van der Waals surface area contributed by atoms with Gasteiger partial charge in [0.25, 0.3) is 5.91 Å². The number of anilines is 1. The average Bonchev–Trinajstić information content (AvgIpc) is 3.28. The van der Waals surface area contributed by atoms with Crippen LogP contribution in [0.4, 0.5) is 5.95 Å². The molecule has 0 atom stereocenters. The molecule has 0 aliphatic carbocycles. The number of aromatic nitrogens is 2. The molecule has 1 aliphatic heterocycles. The molecule has 6 nitrogen and oxygen atoms in total. The van der Waals surface area contributed by atoms with Gasteiger partial charge in [-0.25, -0.2) is 4.98 Å². The highest BCUT2D eigenvalue weighted by atomic mass is 35.5. The van der Waals surface area contributed by atoms with Gasteiger partial charge in [0.2, 0.25) is 5.95 Å². The summed E-state index contributed by atoms with van der Waals surface area (Å²) in [4.78, 5) is 23.7. The highest BCUT2D eigenvalue weighted by molar-refractivity contribution is 6.30. The lowest BCUT2D eigenvalue weighted by molar-refractivity contribution is 0.0951. The normalized spacial score (nSPS) is 13.9. The lowest BCUT2D eigenvalue weighted by Gasteiger charge is -2.26. The Morgan fingerprint density at radius 3 is 2.58 bits per heavy atom. The van der Waals surface area contributed by atoms with Crippen LogP contribution in [-0.4, -0.2) is 42.1 Å². The number of halogens is 1. The van der Waals surface area contributed by atoms with Crippen molar-refractivity contribution >= 4 is 34.5 Å². The van der Waals surface area contributed by atoms with Crippen molar-refractivity contribution in [3.8, 4) is 0 Å².